The number of nitrogens with one attached hydrogen (secondary N) is 1. The zero-order valence-corrected chi connectivity index (χ0v) is 5.46. The van der Waals surface area contributed by atoms with Gasteiger partial charge in [0, 0.05) is 0 Å². The molecule has 0 heterocycles. The maximum absolute atomic E-state index is 9.86. The molecule has 0 aliphatic carbocycles. The molecule has 0 fully saturated rings. The number of thiocarbonyl (C=S) groups is 1. The first-order valence-electron chi connectivity index (χ1n) is 1.58. The standard InChI is InChI=1S/C2H4N2O2S2/c3-1(7)6-4-2(5)8/h(H2,3,7)(H2,4,5,8). The second kappa shape index (κ2) is 3.50. The van der Waals surface area contributed by atoms with Crippen molar-refractivity contribution in [2.24, 2.45) is 5.73 Å². The number of thiol groups is 1. The van der Waals surface area contributed by atoms with Crippen molar-refractivity contribution in [3.63, 3.8) is 0 Å². The summed E-state index contributed by atoms with van der Waals surface area (Å²) in [6, 6.07) is 0. The van der Waals surface area contributed by atoms with Crippen LogP contribution < -0.4 is 11.2 Å². The van der Waals surface area contributed by atoms with Gasteiger partial charge in [-0.1, -0.05) is 12.6 Å². The van der Waals surface area contributed by atoms with Gasteiger partial charge in [-0.05, 0) is 12.2 Å². The van der Waals surface area contributed by atoms with Crippen LogP contribution in [0.3, 0.4) is 0 Å². The molecule has 0 aliphatic heterocycles. The van der Waals surface area contributed by atoms with Gasteiger partial charge in [-0.3, -0.25) is 4.79 Å². The van der Waals surface area contributed by atoms with Crippen LogP contribution in [0.2, 0.25) is 0 Å². The molecule has 0 radical (unpaired) electrons. The maximum atomic E-state index is 9.86. The van der Waals surface area contributed by atoms with Gasteiger partial charge in [-0.2, -0.15) is 5.48 Å². The average Bonchev–Trinajstić information content (AvgIpc) is 1.61. The van der Waals surface area contributed by atoms with Crippen molar-refractivity contribution >= 4 is 35.3 Å². The fourth-order valence-corrected chi connectivity index (χ4v) is 0.181. The molecule has 0 aromatic carbocycles. The molecular weight excluding hydrogens is 148 g/mol. The number of hydrogen-bond acceptors (Lipinski definition) is 3. The number of rotatable bonds is 0. The quantitative estimate of drug-likeness (QED) is 0.255. The van der Waals surface area contributed by atoms with Crippen LogP contribution in [0.1, 0.15) is 0 Å². The molecule has 0 aromatic rings. The maximum Gasteiger partial charge on any atom is 0.308 e. The second-order valence-electron chi connectivity index (χ2n) is 0.828. The van der Waals surface area contributed by atoms with Crippen LogP contribution in [0.25, 0.3) is 0 Å². The SMILES string of the molecule is NC(=S)ONC(=O)S. The van der Waals surface area contributed by atoms with Crippen molar-refractivity contribution in [3.05, 3.63) is 0 Å². The number of hydroxylamine groups is 1. The number of carbonyl (C=O) groups is 1. The van der Waals surface area contributed by atoms with Gasteiger partial charge in [0.15, 0.2) is 0 Å². The highest BCUT2D eigenvalue weighted by atomic mass is 32.1. The van der Waals surface area contributed by atoms with Gasteiger partial charge in [0.25, 0.3) is 5.17 Å². The summed E-state index contributed by atoms with van der Waals surface area (Å²) in [5, 5.41) is -0.884. The Hall–Kier alpha value is -0.490. The molecule has 0 unspecified atom stereocenters. The molecule has 0 aliphatic rings. The molecule has 0 atom stereocenters. The lowest BCUT2D eigenvalue weighted by atomic mass is 11.3. The fraction of sp³-hybridized carbons (Fsp3) is 0. The van der Waals surface area contributed by atoms with Gasteiger partial charge in [0.05, 0.1) is 0 Å². The molecule has 0 saturated carbocycles. The summed E-state index contributed by atoms with van der Waals surface area (Å²) in [7, 11) is 0. The minimum absolute atomic E-state index is 0.243. The molecule has 0 bridgehead atoms. The lowest BCUT2D eigenvalue weighted by molar-refractivity contribution is 0.191. The lowest BCUT2D eigenvalue weighted by Gasteiger charge is -1.97. The van der Waals surface area contributed by atoms with E-state index in [9.17, 15) is 4.79 Å². The molecule has 8 heavy (non-hydrogen) atoms. The molecule has 0 rings (SSSR count). The molecule has 0 spiro atoms. The molecule has 46 valence electrons. The van der Waals surface area contributed by atoms with Crippen molar-refractivity contribution in [1.82, 2.24) is 5.48 Å². The molecule has 0 saturated heterocycles. The molecule has 3 N–H and O–H groups in total. The van der Waals surface area contributed by atoms with Crippen LogP contribution in [0.15, 0.2) is 0 Å². The van der Waals surface area contributed by atoms with Crippen LogP contribution in [0.4, 0.5) is 4.79 Å². The van der Waals surface area contributed by atoms with Crippen LogP contribution in [0.5, 0.6) is 0 Å². The fourth-order valence-electron chi connectivity index (χ4n) is 0.0940. The Balaban J connectivity index is 3.18. The highest BCUT2D eigenvalue weighted by Gasteiger charge is 1.90. The van der Waals surface area contributed by atoms with Crippen molar-refractivity contribution in [2.45, 2.75) is 0 Å². The third-order valence-electron chi connectivity index (χ3n) is 0.239. The van der Waals surface area contributed by atoms with Crippen molar-refractivity contribution in [2.75, 3.05) is 0 Å². The van der Waals surface area contributed by atoms with E-state index in [0.717, 1.165) is 0 Å². The van der Waals surface area contributed by atoms with Gasteiger partial charge in [0.1, 0.15) is 0 Å². The molecule has 0 aromatic heterocycles. The van der Waals surface area contributed by atoms with Gasteiger partial charge < -0.3 is 10.6 Å². The van der Waals surface area contributed by atoms with E-state index in [2.05, 4.69) is 29.7 Å². The third kappa shape index (κ3) is 5.51. The minimum Gasteiger partial charge on any atom is -0.358 e. The first kappa shape index (κ1) is 7.51. The monoisotopic (exact) mass is 152 g/mol. The summed E-state index contributed by atoms with van der Waals surface area (Å²) in [6.07, 6.45) is 0. The Kier molecular flexibility index (Phi) is 3.29. The number of hydrogen-bond donors (Lipinski definition) is 3. The van der Waals surface area contributed by atoms with E-state index in [1.165, 1.54) is 0 Å². The van der Waals surface area contributed by atoms with E-state index in [4.69, 9.17) is 5.73 Å². The Morgan fingerprint density at radius 3 is 2.50 bits per heavy atom. The van der Waals surface area contributed by atoms with Gasteiger partial charge in [0.2, 0.25) is 0 Å². The van der Waals surface area contributed by atoms with Gasteiger partial charge in [-0.15, -0.1) is 0 Å². The number of amides is 1. The highest BCUT2D eigenvalue weighted by Crippen LogP contribution is 1.74. The van der Waals surface area contributed by atoms with Gasteiger partial charge >= 0.3 is 5.24 Å². The number of nitrogens with two attached hydrogens (primary N) is 1. The summed E-state index contributed by atoms with van der Waals surface area (Å²) in [5.74, 6) is 0. The largest absolute Gasteiger partial charge is 0.358 e. The summed E-state index contributed by atoms with van der Waals surface area (Å²) in [5.41, 5.74) is 6.61. The Morgan fingerprint density at radius 1 is 1.88 bits per heavy atom. The summed E-state index contributed by atoms with van der Waals surface area (Å²) >= 11 is 7.50. The molecule has 6 heteroatoms. The summed E-state index contributed by atoms with van der Waals surface area (Å²) < 4.78 is 0. The Labute approximate surface area is 56.7 Å². The molecule has 1 amide bonds. The predicted octanol–water partition coefficient (Wildman–Crippen LogP) is -0.199. The van der Waals surface area contributed by atoms with Crippen LogP contribution in [0, 0.1) is 0 Å². The topological polar surface area (TPSA) is 64.3 Å². The molecular formula is C2H4N2O2S2. The third-order valence-corrected chi connectivity index (χ3v) is 0.414. The second-order valence-corrected chi connectivity index (χ2v) is 1.64. The van der Waals surface area contributed by atoms with E-state index in [0.29, 0.717) is 0 Å². The van der Waals surface area contributed by atoms with E-state index in [-0.39, 0.29) is 5.17 Å². The predicted molar refractivity (Wildman–Crippen MR) is 35.4 cm³/mol. The Bertz CT molecular complexity index is 101. The zero-order valence-electron chi connectivity index (χ0n) is 3.75. The lowest BCUT2D eigenvalue weighted by Crippen LogP contribution is -2.25. The highest BCUT2D eigenvalue weighted by molar-refractivity contribution is 7.96. The number of carbonyl (C=O) groups excluding carboxylic acids is 1. The van der Waals surface area contributed by atoms with Crippen molar-refractivity contribution in [3.8, 4) is 0 Å². The summed E-state index contributed by atoms with van der Waals surface area (Å²) in [4.78, 5) is 14.0. The first-order chi connectivity index (χ1) is 3.63. The van der Waals surface area contributed by atoms with Crippen LogP contribution in [-0.2, 0) is 4.84 Å². The first-order valence-corrected chi connectivity index (χ1v) is 2.43. The smallest absolute Gasteiger partial charge is 0.308 e. The average molecular weight is 152 g/mol. The van der Waals surface area contributed by atoms with E-state index < -0.39 is 5.24 Å². The van der Waals surface area contributed by atoms with Crippen LogP contribution in [-0.4, -0.2) is 10.4 Å². The van der Waals surface area contributed by atoms with Crippen LogP contribution >= 0.6 is 24.8 Å². The Morgan fingerprint density at radius 2 is 2.38 bits per heavy atom. The van der Waals surface area contributed by atoms with E-state index in [1.807, 2.05) is 0 Å². The van der Waals surface area contributed by atoms with E-state index in [1.54, 1.807) is 5.48 Å². The van der Waals surface area contributed by atoms with E-state index >= 15 is 0 Å². The minimum atomic E-state index is -0.641. The van der Waals surface area contributed by atoms with Gasteiger partial charge in [-0.25, -0.2) is 0 Å². The summed E-state index contributed by atoms with van der Waals surface area (Å²) in [6.45, 7) is 0. The van der Waals surface area contributed by atoms with Crippen molar-refractivity contribution in [1.29, 1.82) is 0 Å². The molecule has 4 nitrogen and oxygen atoms in total. The van der Waals surface area contributed by atoms with Crippen molar-refractivity contribution < 1.29 is 9.63 Å². The normalized spacial score (nSPS) is 7.62. The zero-order chi connectivity index (χ0) is 6.57.